The molecule has 0 fully saturated rings. The molecule has 0 atom stereocenters. The quantitative estimate of drug-likeness (QED) is 0.304. The highest BCUT2D eigenvalue weighted by molar-refractivity contribution is 5.22. The first kappa shape index (κ1) is 8.41. The Hall–Kier alpha value is -0.590. The van der Waals surface area contributed by atoms with Crippen molar-refractivity contribution in [1.82, 2.24) is 0 Å². The van der Waals surface area contributed by atoms with Crippen molar-refractivity contribution in [3.8, 4) is 0 Å². The second-order valence-corrected chi connectivity index (χ2v) is 2.01. The SMILES string of the molecule is C=NCCCCC=CC. The first-order valence-corrected chi connectivity index (χ1v) is 3.45. The highest BCUT2D eigenvalue weighted by Gasteiger charge is 1.80. The number of hydrogen-bond acceptors (Lipinski definition) is 1. The topological polar surface area (TPSA) is 12.4 Å². The lowest BCUT2D eigenvalue weighted by molar-refractivity contribution is 0.761. The number of nitrogens with zero attached hydrogens (tertiary/aromatic N) is 1. The average molecular weight is 125 g/mol. The molecule has 0 unspecified atom stereocenters. The summed E-state index contributed by atoms with van der Waals surface area (Å²) in [6.45, 7) is 6.37. The van der Waals surface area contributed by atoms with Gasteiger partial charge >= 0.3 is 0 Å². The Morgan fingerprint density at radius 3 is 2.78 bits per heavy atom. The molecule has 0 saturated carbocycles. The van der Waals surface area contributed by atoms with Gasteiger partial charge in [0.25, 0.3) is 0 Å². The normalized spacial score (nSPS) is 10.3. The van der Waals surface area contributed by atoms with Gasteiger partial charge in [-0.15, -0.1) is 0 Å². The summed E-state index contributed by atoms with van der Waals surface area (Å²) >= 11 is 0. The average Bonchev–Trinajstić information content (AvgIpc) is 1.89. The van der Waals surface area contributed by atoms with E-state index in [9.17, 15) is 0 Å². The van der Waals surface area contributed by atoms with Crippen LogP contribution in [0.3, 0.4) is 0 Å². The second kappa shape index (κ2) is 7.41. The minimum atomic E-state index is 0.914. The standard InChI is InChI=1S/C8H15N/c1-3-4-5-6-7-8-9-2/h3-4H,2,5-8H2,1H3. The summed E-state index contributed by atoms with van der Waals surface area (Å²) in [6.07, 6.45) is 7.87. The maximum absolute atomic E-state index is 3.76. The van der Waals surface area contributed by atoms with Crippen molar-refractivity contribution >= 4 is 6.72 Å². The number of allylic oxidation sites excluding steroid dienone is 2. The van der Waals surface area contributed by atoms with Gasteiger partial charge in [0.2, 0.25) is 0 Å². The Morgan fingerprint density at radius 1 is 1.44 bits per heavy atom. The van der Waals surface area contributed by atoms with Gasteiger partial charge in [-0.1, -0.05) is 12.2 Å². The third-order valence-corrected chi connectivity index (χ3v) is 1.17. The zero-order valence-corrected chi connectivity index (χ0v) is 6.14. The van der Waals surface area contributed by atoms with Gasteiger partial charge in [-0.3, -0.25) is 0 Å². The van der Waals surface area contributed by atoms with E-state index in [1.807, 2.05) is 6.92 Å². The Balaban J connectivity index is 2.82. The van der Waals surface area contributed by atoms with Crippen LogP contribution in [0.1, 0.15) is 26.2 Å². The molecule has 0 aliphatic rings. The first-order valence-electron chi connectivity index (χ1n) is 3.45. The van der Waals surface area contributed by atoms with Crippen molar-refractivity contribution in [3.63, 3.8) is 0 Å². The molecule has 0 aliphatic carbocycles. The van der Waals surface area contributed by atoms with E-state index in [0.29, 0.717) is 0 Å². The van der Waals surface area contributed by atoms with Gasteiger partial charge in [0, 0.05) is 6.54 Å². The van der Waals surface area contributed by atoms with Crippen LogP contribution in [0.25, 0.3) is 0 Å². The van der Waals surface area contributed by atoms with E-state index in [1.54, 1.807) is 0 Å². The molecule has 0 spiro atoms. The van der Waals surface area contributed by atoms with Crippen LogP contribution in [-0.2, 0) is 0 Å². The molecule has 0 N–H and O–H groups in total. The van der Waals surface area contributed by atoms with Gasteiger partial charge in [-0.05, 0) is 32.9 Å². The third kappa shape index (κ3) is 7.41. The summed E-state index contributed by atoms with van der Waals surface area (Å²) in [5.41, 5.74) is 0. The van der Waals surface area contributed by atoms with Crippen molar-refractivity contribution in [1.29, 1.82) is 0 Å². The molecule has 9 heavy (non-hydrogen) atoms. The third-order valence-electron chi connectivity index (χ3n) is 1.17. The lowest BCUT2D eigenvalue weighted by Crippen LogP contribution is -1.78. The maximum atomic E-state index is 3.76. The van der Waals surface area contributed by atoms with E-state index in [-0.39, 0.29) is 0 Å². The lowest BCUT2D eigenvalue weighted by Gasteiger charge is -1.90. The summed E-state index contributed by atoms with van der Waals surface area (Å²) in [7, 11) is 0. The fourth-order valence-electron chi connectivity index (χ4n) is 0.652. The first-order chi connectivity index (χ1) is 4.41. The highest BCUT2D eigenvalue weighted by Crippen LogP contribution is 1.95. The fraction of sp³-hybridized carbons (Fsp3) is 0.625. The Morgan fingerprint density at radius 2 is 2.22 bits per heavy atom. The van der Waals surface area contributed by atoms with E-state index >= 15 is 0 Å². The molecule has 0 aromatic rings. The van der Waals surface area contributed by atoms with Crippen molar-refractivity contribution < 1.29 is 0 Å². The number of unbranched alkanes of at least 4 members (excludes halogenated alkanes) is 2. The van der Waals surface area contributed by atoms with Gasteiger partial charge in [0.1, 0.15) is 0 Å². The Kier molecular flexibility index (Phi) is 6.92. The van der Waals surface area contributed by atoms with E-state index in [4.69, 9.17) is 0 Å². The molecule has 0 bridgehead atoms. The molecular formula is C8H15N. The van der Waals surface area contributed by atoms with Crippen LogP contribution in [0.5, 0.6) is 0 Å². The van der Waals surface area contributed by atoms with E-state index in [1.165, 1.54) is 19.3 Å². The summed E-state index contributed by atoms with van der Waals surface area (Å²) in [6, 6.07) is 0. The molecule has 1 heteroatoms. The van der Waals surface area contributed by atoms with Crippen LogP contribution < -0.4 is 0 Å². The van der Waals surface area contributed by atoms with Gasteiger partial charge < -0.3 is 4.99 Å². The Labute approximate surface area is 57.5 Å². The minimum Gasteiger partial charge on any atom is -0.301 e. The van der Waals surface area contributed by atoms with Crippen molar-refractivity contribution in [3.05, 3.63) is 12.2 Å². The van der Waals surface area contributed by atoms with Crippen LogP contribution in [0.15, 0.2) is 17.1 Å². The fourth-order valence-corrected chi connectivity index (χ4v) is 0.652. The van der Waals surface area contributed by atoms with Crippen molar-refractivity contribution in [2.45, 2.75) is 26.2 Å². The van der Waals surface area contributed by atoms with E-state index in [0.717, 1.165) is 6.54 Å². The van der Waals surface area contributed by atoms with Gasteiger partial charge in [0.05, 0.1) is 0 Å². The number of hydrogen-bond donors (Lipinski definition) is 0. The molecule has 0 aliphatic heterocycles. The zero-order valence-electron chi connectivity index (χ0n) is 6.14. The molecule has 1 nitrogen and oxygen atoms in total. The van der Waals surface area contributed by atoms with Crippen LogP contribution in [-0.4, -0.2) is 13.3 Å². The zero-order chi connectivity index (χ0) is 6.95. The molecule has 0 radical (unpaired) electrons. The molecule has 0 amide bonds. The number of rotatable bonds is 5. The second-order valence-electron chi connectivity index (χ2n) is 2.01. The molecular weight excluding hydrogens is 110 g/mol. The van der Waals surface area contributed by atoms with Crippen molar-refractivity contribution in [2.24, 2.45) is 4.99 Å². The van der Waals surface area contributed by atoms with Crippen LogP contribution in [0, 0.1) is 0 Å². The van der Waals surface area contributed by atoms with Crippen LogP contribution in [0.2, 0.25) is 0 Å². The summed E-state index contributed by atoms with van der Waals surface area (Å²) in [5, 5.41) is 0. The predicted octanol–water partition coefficient (Wildman–Crippen LogP) is 2.43. The minimum absolute atomic E-state index is 0.914. The molecule has 0 rings (SSSR count). The van der Waals surface area contributed by atoms with Crippen molar-refractivity contribution in [2.75, 3.05) is 6.54 Å². The molecule has 0 aromatic carbocycles. The summed E-state index contributed by atoms with van der Waals surface area (Å²) in [5.74, 6) is 0. The summed E-state index contributed by atoms with van der Waals surface area (Å²) < 4.78 is 0. The highest BCUT2D eigenvalue weighted by atomic mass is 14.7. The molecule has 52 valence electrons. The van der Waals surface area contributed by atoms with Gasteiger partial charge in [-0.2, -0.15) is 0 Å². The smallest absolute Gasteiger partial charge is 0.0382 e. The molecule has 0 saturated heterocycles. The predicted molar refractivity (Wildman–Crippen MR) is 43.1 cm³/mol. The number of aliphatic imine (C=N–C) groups is 1. The monoisotopic (exact) mass is 125 g/mol. The molecule has 0 heterocycles. The van der Waals surface area contributed by atoms with Crippen LogP contribution >= 0.6 is 0 Å². The molecule has 0 aromatic heterocycles. The summed E-state index contributed by atoms with van der Waals surface area (Å²) in [4.78, 5) is 3.76. The lowest BCUT2D eigenvalue weighted by atomic mass is 10.2. The van der Waals surface area contributed by atoms with Crippen LogP contribution in [0.4, 0.5) is 0 Å². The maximum Gasteiger partial charge on any atom is 0.0382 e. The van der Waals surface area contributed by atoms with Gasteiger partial charge in [0.15, 0.2) is 0 Å². The largest absolute Gasteiger partial charge is 0.301 e. The van der Waals surface area contributed by atoms with E-state index < -0.39 is 0 Å². The van der Waals surface area contributed by atoms with E-state index in [2.05, 4.69) is 23.9 Å². The Bertz CT molecular complexity index is 84.6. The van der Waals surface area contributed by atoms with Gasteiger partial charge in [-0.25, -0.2) is 0 Å².